The number of hydrogen-bond donors (Lipinski definition) is 1. The molecule has 170 valence electrons. The highest BCUT2D eigenvalue weighted by Crippen LogP contribution is 2.32. The van der Waals surface area contributed by atoms with E-state index in [-0.39, 0.29) is 43.1 Å². The number of carboxylic acid groups (broad SMARTS) is 1. The fraction of sp³-hybridized carbons (Fsp3) is 0.273. The summed E-state index contributed by atoms with van der Waals surface area (Å²) >= 11 is 0. The molecule has 1 N–H and O–H groups in total. The second-order valence-corrected chi connectivity index (χ2v) is 7.92. The Kier molecular flexibility index (Phi) is 5.25. The summed E-state index contributed by atoms with van der Waals surface area (Å²) in [4.78, 5) is 17.2. The zero-order valence-electron chi connectivity index (χ0n) is 17.7. The van der Waals surface area contributed by atoms with Gasteiger partial charge in [0, 0.05) is 19.2 Å². The van der Waals surface area contributed by atoms with Crippen LogP contribution in [0.3, 0.4) is 0 Å². The predicted molar refractivity (Wildman–Crippen MR) is 113 cm³/mol. The topological polar surface area (TPSA) is 97.8 Å². The van der Waals surface area contributed by atoms with E-state index >= 15 is 8.78 Å². The number of halogens is 2. The van der Waals surface area contributed by atoms with Crippen molar-refractivity contribution in [2.75, 3.05) is 19.7 Å². The molecule has 0 spiro atoms. The molecule has 1 amide bonds. The lowest BCUT2D eigenvalue weighted by Crippen LogP contribution is -2.45. The van der Waals surface area contributed by atoms with E-state index in [9.17, 15) is 9.90 Å². The van der Waals surface area contributed by atoms with E-state index in [0.717, 1.165) is 5.56 Å². The Bertz CT molecular complexity index is 1310. The summed E-state index contributed by atoms with van der Waals surface area (Å²) in [6, 6.07) is 6.09. The number of ether oxygens (including phenoxy) is 1. The monoisotopic (exact) mass is 454 g/mol. The third-order valence-corrected chi connectivity index (χ3v) is 5.69. The van der Waals surface area contributed by atoms with Gasteiger partial charge in [0.25, 0.3) is 0 Å². The maximum absolute atomic E-state index is 15.3. The molecular formula is C22H20F2N6O3. The van der Waals surface area contributed by atoms with Gasteiger partial charge in [-0.3, -0.25) is 4.57 Å². The third-order valence-electron chi connectivity index (χ3n) is 5.69. The molecule has 33 heavy (non-hydrogen) atoms. The van der Waals surface area contributed by atoms with Crippen molar-refractivity contribution >= 4 is 11.7 Å². The van der Waals surface area contributed by atoms with Gasteiger partial charge < -0.3 is 19.1 Å². The normalized spacial score (nSPS) is 16.5. The molecule has 9 nitrogen and oxygen atoms in total. The number of rotatable bonds is 4. The maximum Gasteiger partial charge on any atom is 0.407 e. The number of morpholine rings is 1. The molecule has 3 aromatic heterocycles. The van der Waals surface area contributed by atoms with Gasteiger partial charge in [-0.25, -0.2) is 18.6 Å². The smallest absolute Gasteiger partial charge is 0.407 e. The zero-order valence-corrected chi connectivity index (χ0v) is 17.7. The Morgan fingerprint density at radius 3 is 2.64 bits per heavy atom. The first-order valence-corrected chi connectivity index (χ1v) is 10.3. The summed E-state index contributed by atoms with van der Waals surface area (Å²) in [5.41, 5.74) is 2.16. The van der Waals surface area contributed by atoms with Gasteiger partial charge in [0.2, 0.25) is 0 Å². The first kappa shape index (κ1) is 21.0. The summed E-state index contributed by atoms with van der Waals surface area (Å²) in [7, 11) is 0. The van der Waals surface area contributed by atoms with Gasteiger partial charge in [0.05, 0.1) is 41.9 Å². The Hall–Kier alpha value is -3.86. The number of aryl methyl sites for hydroxylation is 1. The van der Waals surface area contributed by atoms with Gasteiger partial charge in [-0.15, -0.1) is 10.2 Å². The number of carbonyl (C=O) groups is 1. The molecule has 11 heteroatoms. The van der Waals surface area contributed by atoms with Crippen LogP contribution >= 0.6 is 0 Å². The minimum Gasteiger partial charge on any atom is -0.465 e. The summed E-state index contributed by atoms with van der Waals surface area (Å²) < 4.78 is 39.5. The van der Waals surface area contributed by atoms with Crippen LogP contribution in [0.5, 0.6) is 0 Å². The molecule has 0 bridgehead atoms. The van der Waals surface area contributed by atoms with Crippen LogP contribution in [0.4, 0.5) is 13.6 Å². The van der Waals surface area contributed by atoms with E-state index in [4.69, 9.17) is 4.74 Å². The van der Waals surface area contributed by atoms with Crippen molar-refractivity contribution < 1.29 is 23.4 Å². The van der Waals surface area contributed by atoms with Crippen molar-refractivity contribution in [2.24, 2.45) is 0 Å². The van der Waals surface area contributed by atoms with Crippen molar-refractivity contribution in [1.29, 1.82) is 0 Å². The average molecular weight is 454 g/mol. The van der Waals surface area contributed by atoms with Crippen molar-refractivity contribution in [3.05, 3.63) is 66.0 Å². The molecule has 4 aromatic rings. The lowest BCUT2D eigenvalue weighted by Gasteiger charge is -2.31. The molecule has 5 rings (SSSR count). The summed E-state index contributed by atoms with van der Waals surface area (Å²) in [5.74, 6) is -1.56. The largest absolute Gasteiger partial charge is 0.465 e. The number of imidazole rings is 1. The Labute approximate surface area is 186 Å². The molecule has 1 aliphatic rings. The summed E-state index contributed by atoms with van der Waals surface area (Å²) in [5, 5.41) is 16.7. The standard InChI is InChI=1S/C22H20F2N6O3/c1-13-2-3-30-18(9-15-10-28(22(31)32)4-5-33-15)21(27-19(30)6-13)20-16(23)7-14(8-17(20)24)29-11-25-26-12-29/h2-3,6-8,11-12,15H,4-5,9-10H2,1H3,(H,31,32)/t15-/m0/s1. The molecule has 1 saturated heterocycles. The first-order valence-electron chi connectivity index (χ1n) is 10.3. The van der Waals surface area contributed by atoms with Crippen LogP contribution in [0.1, 0.15) is 11.3 Å². The van der Waals surface area contributed by atoms with Crippen LogP contribution in [-0.2, 0) is 11.2 Å². The molecule has 0 radical (unpaired) electrons. The Morgan fingerprint density at radius 2 is 1.94 bits per heavy atom. The minimum atomic E-state index is -1.03. The highest BCUT2D eigenvalue weighted by atomic mass is 19.1. The van der Waals surface area contributed by atoms with E-state index in [2.05, 4.69) is 15.2 Å². The number of amides is 1. The fourth-order valence-electron chi connectivity index (χ4n) is 4.09. The van der Waals surface area contributed by atoms with Crippen LogP contribution in [-0.4, -0.2) is 66.0 Å². The van der Waals surface area contributed by atoms with E-state index in [1.807, 2.05) is 19.1 Å². The summed E-state index contributed by atoms with van der Waals surface area (Å²) in [6.45, 7) is 2.58. The van der Waals surface area contributed by atoms with Gasteiger partial charge in [-0.2, -0.15) is 0 Å². The Balaban J connectivity index is 1.61. The van der Waals surface area contributed by atoms with Crippen molar-refractivity contribution in [1.82, 2.24) is 29.0 Å². The molecule has 1 atom stereocenters. The van der Waals surface area contributed by atoms with E-state index < -0.39 is 23.8 Å². The van der Waals surface area contributed by atoms with Crippen LogP contribution < -0.4 is 0 Å². The van der Waals surface area contributed by atoms with Crippen molar-refractivity contribution in [3.8, 4) is 16.9 Å². The lowest BCUT2D eigenvalue weighted by molar-refractivity contribution is -0.0214. The van der Waals surface area contributed by atoms with Gasteiger partial charge in [-0.1, -0.05) is 0 Å². The predicted octanol–water partition coefficient (Wildman–Crippen LogP) is 3.09. The molecule has 0 saturated carbocycles. The van der Waals surface area contributed by atoms with E-state index in [1.54, 1.807) is 10.6 Å². The second-order valence-electron chi connectivity index (χ2n) is 7.92. The Morgan fingerprint density at radius 1 is 1.21 bits per heavy atom. The second kappa shape index (κ2) is 8.24. The fourth-order valence-corrected chi connectivity index (χ4v) is 4.09. The third kappa shape index (κ3) is 3.91. The zero-order chi connectivity index (χ0) is 23.1. The van der Waals surface area contributed by atoms with E-state index in [0.29, 0.717) is 11.3 Å². The molecule has 1 aromatic carbocycles. The SMILES string of the molecule is Cc1ccn2c(C[C@H]3CN(C(=O)O)CCO3)c(-c3c(F)cc(-n4cnnc4)cc3F)nc2c1. The number of hydrogen-bond acceptors (Lipinski definition) is 5. The van der Waals surface area contributed by atoms with Crippen LogP contribution in [0.25, 0.3) is 22.6 Å². The average Bonchev–Trinajstić information content (AvgIpc) is 3.42. The minimum absolute atomic E-state index is 0.155. The molecule has 1 aliphatic heterocycles. The molecule has 0 unspecified atom stereocenters. The van der Waals surface area contributed by atoms with Crippen molar-refractivity contribution in [2.45, 2.75) is 19.4 Å². The summed E-state index contributed by atoms with van der Waals surface area (Å²) in [6.07, 6.45) is 3.21. The number of aromatic nitrogens is 5. The van der Waals surface area contributed by atoms with Crippen molar-refractivity contribution in [3.63, 3.8) is 0 Å². The van der Waals surface area contributed by atoms with Gasteiger partial charge in [0.1, 0.15) is 29.9 Å². The van der Waals surface area contributed by atoms with Gasteiger partial charge >= 0.3 is 6.09 Å². The number of pyridine rings is 1. The van der Waals surface area contributed by atoms with Crippen LogP contribution in [0.2, 0.25) is 0 Å². The van der Waals surface area contributed by atoms with Crippen LogP contribution in [0.15, 0.2) is 43.1 Å². The first-order chi connectivity index (χ1) is 15.9. The highest BCUT2D eigenvalue weighted by Gasteiger charge is 2.28. The molecular weight excluding hydrogens is 434 g/mol. The van der Waals surface area contributed by atoms with Crippen LogP contribution in [0, 0.1) is 18.6 Å². The number of fused-ring (bicyclic) bond motifs is 1. The number of nitrogens with zero attached hydrogens (tertiary/aromatic N) is 6. The highest BCUT2D eigenvalue weighted by molar-refractivity contribution is 5.69. The number of benzene rings is 1. The van der Waals surface area contributed by atoms with Gasteiger partial charge in [0.15, 0.2) is 0 Å². The van der Waals surface area contributed by atoms with E-state index in [1.165, 1.54) is 34.3 Å². The lowest BCUT2D eigenvalue weighted by atomic mass is 10.0. The molecule has 1 fully saturated rings. The maximum atomic E-state index is 15.3. The molecule has 0 aliphatic carbocycles. The molecule has 4 heterocycles. The van der Waals surface area contributed by atoms with Gasteiger partial charge in [-0.05, 0) is 36.8 Å². The quantitative estimate of drug-likeness (QED) is 0.509.